The van der Waals surface area contributed by atoms with Crippen LogP contribution in [0.1, 0.15) is 26.3 Å². The van der Waals surface area contributed by atoms with Gasteiger partial charge >= 0.3 is 12.1 Å². The standard InChI is InChI=1S/C18H26N2O5.ClH/c1-18(2,3)25-17(23)20-9-8-19(12-15(20)16(21)22)11-13-6-5-7-14(10-13)24-4;/h5-7,10,15H,8-9,11-12H2,1-4H3,(H,21,22);1H. The van der Waals surface area contributed by atoms with Crippen LogP contribution in [0.15, 0.2) is 24.3 Å². The van der Waals surface area contributed by atoms with Crippen LogP contribution in [0.2, 0.25) is 0 Å². The Kier molecular flexibility index (Phi) is 7.71. The topological polar surface area (TPSA) is 79.3 Å². The summed E-state index contributed by atoms with van der Waals surface area (Å²) in [6.45, 7) is 7.05. The number of halogens is 1. The SMILES string of the molecule is COc1cccc(CN2CCN(C(=O)OC(C)(C)C)C(C(=O)O)C2)c1.Cl. The minimum absolute atomic E-state index is 0. The number of carbonyl (C=O) groups excluding carboxylic acids is 1. The molecular formula is C18H27ClN2O5. The predicted octanol–water partition coefficient (Wildman–Crippen LogP) is 2.62. The largest absolute Gasteiger partial charge is 0.497 e. The molecule has 0 aromatic heterocycles. The van der Waals surface area contributed by atoms with Crippen LogP contribution in [0, 0.1) is 0 Å². The number of aliphatic carboxylic acids is 1. The first kappa shape index (κ1) is 22.1. The zero-order valence-corrected chi connectivity index (χ0v) is 16.4. The highest BCUT2D eigenvalue weighted by Gasteiger charge is 2.37. The van der Waals surface area contributed by atoms with Gasteiger partial charge in [0.1, 0.15) is 17.4 Å². The summed E-state index contributed by atoms with van der Waals surface area (Å²) in [6, 6.07) is 6.74. The Morgan fingerprint density at radius 2 is 1.96 bits per heavy atom. The Hall–Kier alpha value is -1.99. The zero-order chi connectivity index (χ0) is 18.6. The molecule has 0 saturated carbocycles. The first-order valence-corrected chi connectivity index (χ1v) is 8.27. The van der Waals surface area contributed by atoms with Crippen molar-refractivity contribution < 1.29 is 24.2 Å². The molecule has 0 bridgehead atoms. The maximum atomic E-state index is 12.3. The van der Waals surface area contributed by atoms with Crippen LogP contribution in [-0.2, 0) is 16.1 Å². The lowest BCUT2D eigenvalue weighted by Gasteiger charge is -2.39. The molecule has 2 rings (SSSR count). The van der Waals surface area contributed by atoms with Gasteiger partial charge in [-0.15, -0.1) is 12.4 Å². The maximum Gasteiger partial charge on any atom is 0.411 e. The van der Waals surface area contributed by atoms with Gasteiger partial charge in [0.25, 0.3) is 0 Å². The van der Waals surface area contributed by atoms with Gasteiger partial charge in [-0.1, -0.05) is 12.1 Å². The van der Waals surface area contributed by atoms with Crippen LogP contribution in [0.25, 0.3) is 0 Å². The lowest BCUT2D eigenvalue weighted by molar-refractivity contribution is -0.145. The Balaban J connectivity index is 0.00000338. The predicted molar refractivity (Wildman–Crippen MR) is 99.9 cm³/mol. The summed E-state index contributed by atoms with van der Waals surface area (Å²) < 4.78 is 10.5. The summed E-state index contributed by atoms with van der Waals surface area (Å²) in [6.07, 6.45) is -0.582. The number of piperazine rings is 1. The number of nitrogens with zero attached hydrogens (tertiary/aromatic N) is 2. The monoisotopic (exact) mass is 386 g/mol. The number of amides is 1. The highest BCUT2D eigenvalue weighted by Crippen LogP contribution is 2.19. The Morgan fingerprint density at radius 1 is 1.27 bits per heavy atom. The van der Waals surface area contributed by atoms with Crippen LogP contribution in [0.5, 0.6) is 5.75 Å². The zero-order valence-electron chi connectivity index (χ0n) is 15.6. The molecule has 1 heterocycles. The average Bonchev–Trinajstić information content (AvgIpc) is 2.53. The van der Waals surface area contributed by atoms with E-state index < -0.39 is 23.7 Å². The third kappa shape index (κ3) is 6.07. The van der Waals surface area contributed by atoms with Crippen LogP contribution < -0.4 is 4.74 Å². The van der Waals surface area contributed by atoms with Gasteiger partial charge in [-0.05, 0) is 38.5 Å². The number of ether oxygens (including phenoxy) is 2. The van der Waals surface area contributed by atoms with Crippen LogP contribution in [-0.4, -0.2) is 65.4 Å². The molecule has 1 aliphatic rings. The van der Waals surface area contributed by atoms with Crippen molar-refractivity contribution in [1.82, 2.24) is 9.80 Å². The van der Waals surface area contributed by atoms with E-state index in [1.807, 2.05) is 29.2 Å². The number of hydrogen-bond donors (Lipinski definition) is 1. The van der Waals surface area contributed by atoms with Crippen LogP contribution in [0.4, 0.5) is 4.79 Å². The van der Waals surface area contributed by atoms with Gasteiger partial charge in [-0.25, -0.2) is 9.59 Å². The molecule has 26 heavy (non-hydrogen) atoms. The minimum Gasteiger partial charge on any atom is -0.497 e. The van der Waals surface area contributed by atoms with Crippen LogP contribution in [0.3, 0.4) is 0 Å². The fourth-order valence-corrected chi connectivity index (χ4v) is 2.76. The number of carboxylic acids is 1. The van der Waals surface area contributed by atoms with E-state index in [-0.39, 0.29) is 19.0 Å². The molecule has 0 radical (unpaired) electrons. The fourth-order valence-electron chi connectivity index (χ4n) is 2.76. The summed E-state index contributed by atoms with van der Waals surface area (Å²) >= 11 is 0. The van der Waals surface area contributed by atoms with Gasteiger partial charge in [0.05, 0.1) is 7.11 Å². The van der Waals surface area contributed by atoms with E-state index in [1.165, 1.54) is 4.90 Å². The number of carboxylic acid groups (broad SMARTS) is 1. The van der Waals surface area contributed by atoms with E-state index in [0.717, 1.165) is 11.3 Å². The van der Waals surface area contributed by atoms with Crippen molar-refractivity contribution in [3.8, 4) is 5.75 Å². The molecule has 1 fully saturated rings. The number of hydrogen-bond acceptors (Lipinski definition) is 5. The second kappa shape index (κ2) is 9.09. The van der Waals surface area contributed by atoms with E-state index in [2.05, 4.69) is 0 Å². The average molecular weight is 387 g/mol. The first-order chi connectivity index (χ1) is 11.7. The molecule has 1 aliphatic heterocycles. The molecule has 0 spiro atoms. The molecule has 1 atom stereocenters. The van der Waals surface area contributed by atoms with Crippen molar-refractivity contribution in [2.45, 2.75) is 39.0 Å². The lowest BCUT2D eigenvalue weighted by atomic mass is 10.1. The molecule has 1 saturated heterocycles. The molecule has 8 heteroatoms. The third-order valence-electron chi connectivity index (χ3n) is 3.92. The molecule has 1 amide bonds. The molecular weight excluding hydrogens is 360 g/mol. The Bertz CT molecular complexity index is 632. The molecule has 7 nitrogen and oxygen atoms in total. The highest BCUT2D eigenvalue weighted by molar-refractivity contribution is 5.85. The summed E-state index contributed by atoms with van der Waals surface area (Å²) in [5.74, 6) is -0.263. The molecule has 1 N–H and O–H groups in total. The van der Waals surface area contributed by atoms with E-state index in [1.54, 1.807) is 27.9 Å². The maximum absolute atomic E-state index is 12.3. The molecule has 1 unspecified atom stereocenters. The number of methoxy groups -OCH3 is 1. The molecule has 146 valence electrons. The first-order valence-electron chi connectivity index (χ1n) is 8.27. The van der Waals surface area contributed by atoms with Crippen LogP contribution >= 0.6 is 12.4 Å². The third-order valence-corrected chi connectivity index (χ3v) is 3.92. The lowest BCUT2D eigenvalue weighted by Crippen LogP contribution is -2.58. The number of carbonyl (C=O) groups is 2. The van der Waals surface area contributed by atoms with E-state index in [9.17, 15) is 14.7 Å². The second-order valence-electron chi connectivity index (χ2n) is 7.11. The van der Waals surface area contributed by atoms with E-state index in [0.29, 0.717) is 19.6 Å². The quantitative estimate of drug-likeness (QED) is 0.856. The van der Waals surface area contributed by atoms with Gasteiger partial charge in [-0.2, -0.15) is 0 Å². The number of rotatable bonds is 4. The summed E-state index contributed by atoms with van der Waals surface area (Å²) in [7, 11) is 1.61. The number of benzene rings is 1. The van der Waals surface area contributed by atoms with Gasteiger partial charge < -0.3 is 14.6 Å². The van der Waals surface area contributed by atoms with Gasteiger partial charge in [0, 0.05) is 26.2 Å². The van der Waals surface area contributed by atoms with Gasteiger partial charge in [0.15, 0.2) is 0 Å². The van der Waals surface area contributed by atoms with Crippen molar-refractivity contribution in [3.63, 3.8) is 0 Å². The van der Waals surface area contributed by atoms with E-state index in [4.69, 9.17) is 9.47 Å². The Labute approximate surface area is 160 Å². The van der Waals surface area contributed by atoms with Crippen molar-refractivity contribution in [2.24, 2.45) is 0 Å². The summed E-state index contributed by atoms with van der Waals surface area (Å²) in [5.41, 5.74) is 0.381. The van der Waals surface area contributed by atoms with E-state index >= 15 is 0 Å². The summed E-state index contributed by atoms with van der Waals surface area (Å²) in [5, 5.41) is 9.53. The fraction of sp³-hybridized carbons (Fsp3) is 0.556. The van der Waals surface area contributed by atoms with Gasteiger partial charge in [0.2, 0.25) is 0 Å². The second-order valence-corrected chi connectivity index (χ2v) is 7.11. The smallest absolute Gasteiger partial charge is 0.411 e. The summed E-state index contributed by atoms with van der Waals surface area (Å²) in [4.78, 5) is 27.2. The molecule has 1 aromatic carbocycles. The van der Waals surface area contributed by atoms with Gasteiger partial charge in [-0.3, -0.25) is 9.80 Å². The minimum atomic E-state index is -1.03. The Morgan fingerprint density at radius 3 is 2.54 bits per heavy atom. The normalized spacial score (nSPS) is 18.0. The molecule has 1 aromatic rings. The van der Waals surface area contributed by atoms with Crippen molar-refractivity contribution in [2.75, 3.05) is 26.7 Å². The molecule has 0 aliphatic carbocycles. The van der Waals surface area contributed by atoms with Crippen molar-refractivity contribution in [3.05, 3.63) is 29.8 Å². The van der Waals surface area contributed by atoms with Crippen molar-refractivity contribution >= 4 is 24.5 Å². The van der Waals surface area contributed by atoms with Crippen molar-refractivity contribution in [1.29, 1.82) is 0 Å². The highest BCUT2D eigenvalue weighted by atomic mass is 35.5.